The first-order chi connectivity index (χ1) is 65.3. The van der Waals surface area contributed by atoms with Crippen LogP contribution in [0.25, 0.3) is 0 Å². The highest BCUT2D eigenvalue weighted by Crippen LogP contribution is 2.78. The number of thioether (sulfide) groups is 3. The van der Waals surface area contributed by atoms with Crippen molar-refractivity contribution < 1.29 is 156 Å². The van der Waals surface area contributed by atoms with Crippen LogP contribution in [0, 0.1) is 122 Å². The summed E-state index contributed by atoms with van der Waals surface area (Å²) in [5, 5.41) is 53.2. The summed E-state index contributed by atoms with van der Waals surface area (Å²) in [5.74, 6) is -14.9. The van der Waals surface area contributed by atoms with Gasteiger partial charge in [-0.05, 0) is 223 Å². The van der Waals surface area contributed by atoms with Crippen LogP contribution >= 0.6 is 51.2 Å². The molecule has 16 aliphatic carbocycles. The van der Waals surface area contributed by atoms with Crippen molar-refractivity contribution >= 4 is 142 Å². The Kier molecular flexibility index (Phi) is 32.5. The number of carbonyl (C=O) groups is 14. The Bertz CT molecular complexity index is 5410. The molecule has 4 unspecified atom stereocenters. The van der Waals surface area contributed by atoms with Crippen LogP contribution in [0.5, 0.6) is 0 Å². The minimum atomic E-state index is -2.32. The van der Waals surface area contributed by atoms with Crippen LogP contribution in [-0.2, 0) is 89.1 Å². The van der Waals surface area contributed by atoms with Crippen LogP contribution in [0.3, 0.4) is 0 Å². The number of aliphatic carboxylic acids is 1. The van der Waals surface area contributed by atoms with E-state index in [1.165, 1.54) is 95.3 Å². The fourth-order valence-electron chi connectivity index (χ4n) is 30.5. The molecule has 786 valence electrons. The summed E-state index contributed by atoms with van der Waals surface area (Å²) in [6.07, 6.45) is 0.336. The Balaban J connectivity index is 0.000000179. The molecule has 0 bridgehead atoms. The van der Waals surface area contributed by atoms with Gasteiger partial charge in [0.1, 0.15) is 36.3 Å². The van der Waals surface area contributed by atoms with Crippen LogP contribution < -0.4 is 0 Å². The molecule has 0 aromatic heterocycles. The van der Waals surface area contributed by atoms with Gasteiger partial charge >= 0.3 is 29.8 Å². The number of ether oxygens (including phenoxy) is 4. The van der Waals surface area contributed by atoms with Crippen LogP contribution in [-0.4, -0.2) is 228 Å². The monoisotopic (exact) mass is 2150 g/mol. The number of carbonyl (C=O) groups excluding carboxylic acids is 13. The molecule has 39 heteroatoms. The average molecular weight is 2150 g/mol. The van der Waals surface area contributed by atoms with E-state index in [9.17, 15) is 101 Å². The second-order valence-corrected chi connectivity index (χ2v) is 47.2. The Hall–Kier alpha value is -7.14. The maximum absolute atomic E-state index is 17.4. The summed E-state index contributed by atoms with van der Waals surface area (Å²) in [7, 11) is 2.99. The number of carboxylic acids is 1. The zero-order valence-electron chi connectivity index (χ0n) is 83.0. The van der Waals surface area contributed by atoms with Crippen molar-refractivity contribution in [1.29, 1.82) is 0 Å². The molecule has 12 fully saturated rings. The maximum atomic E-state index is 17.4. The topological polar surface area (TPSA) is 380 Å². The molecule has 142 heavy (non-hydrogen) atoms. The van der Waals surface area contributed by atoms with Crippen molar-refractivity contribution in [2.45, 2.75) is 308 Å². The van der Waals surface area contributed by atoms with Gasteiger partial charge in [0, 0.05) is 150 Å². The number of amides is 1. The van der Waals surface area contributed by atoms with Crippen molar-refractivity contribution in [1.82, 2.24) is 4.90 Å². The third-order valence-electron chi connectivity index (χ3n) is 37.1. The van der Waals surface area contributed by atoms with Gasteiger partial charge in [0.05, 0.1) is 28.9 Å². The van der Waals surface area contributed by atoms with E-state index >= 15 is 35.1 Å². The Morgan fingerprint density at radius 2 is 0.620 bits per heavy atom. The summed E-state index contributed by atoms with van der Waals surface area (Å²) in [6, 6.07) is -1.02. The highest BCUT2D eigenvalue weighted by atomic mass is 79.9. The van der Waals surface area contributed by atoms with Gasteiger partial charge in [-0.1, -0.05) is 123 Å². The van der Waals surface area contributed by atoms with E-state index in [1.807, 2.05) is 0 Å². The van der Waals surface area contributed by atoms with Gasteiger partial charge in [0.15, 0.2) is 62.6 Å². The van der Waals surface area contributed by atoms with Gasteiger partial charge in [-0.25, -0.2) is 48.7 Å². The van der Waals surface area contributed by atoms with Gasteiger partial charge in [0.25, 0.3) is 5.24 Å². The lowest BCUT2D eigenvalue weighted by molar-refractivity contribution is -0.237. The number of hydrogen-bond donors (Lipinski definition) is 5. The van der Waals surface area contributed by atoms with E-state index < -0.39 is 298 Å². The van der Waals surface area contributed by atoms with Gasteiger partial charge in [-0.15, -0.1) is 0 Å². The van der Waals surface area contributed by atoms with E-state index in [-0.39, 0.29) is 144 Å². The lowest BCUT2D eigenvalue weighted by Crippen LogP contribution is -2.71. The molecule has 36 atom stereocenters. The number of rotatable bonds is 13. The molecule has 1 amide bonds. The van der Waals surface area contributed by atoms with Crippen molar-refractivity contribution in [2.75, 3.05) is 25.7 Å². The average Bonchev–Trinajstić information content (AvgIpc) is 1.47. The molecule has 0 heterocycles. The number of hydrogen-bond acceptors (Lipinski definition) is 26. The highest BCUT2D eigenvalue weighted by Gasteiger charge is 2.84. The standard InChI is InChI=1S/C27H35F2NO6S.C25H31F3O5S.C25H30F2O6S2.C24H30F2O6.CH2BrF.CH3/c1-7-21(33)36-27(22(34)37-23(35)30(5)6)14(2)10-16-17-12-19(28)18-11-15(31)8-9-24(18,3)26(17,29)20(32)13-25(16,27)4;1-5-20(31)33-25(21(32)34-12-26)13(2)8-15-16-10-18(27)17-9-14(29)6-7-22(17,3)24(16,28)19(30)11-23(15,25)4;1-5-19(30)33-25(20(31)35-21(32)34)12(2)8-14-15-10-17(26)16-9-13(28)6-7-22(16,3)24(15,27)18(29)11-23(14,25)4;1-5-19(29)32-24(20(30)31)12(2)8-14-15-10-17(25)16-9-13(27)6-7-21(16,3)23(15,26)18(28)11-22(14,24)4;2-1-3;/h8-9,11,14,16-17,19-20,32H,7,10,12-13H2,1-6H3;6-7,9,13,15-16,18-19,30H,5,8,10-12H2,1-4H3;6-7,9,12,14-15,17-18,29H,5,8,10-11H2,1-4H3,(H,32,34);6-7,9,12,14-15,17-18,28H,5,8,10-11H2,1-4H3,(H,30,31);1H2;1H3/q;;;;;+1/p-1/t14-,16+,17?,19+,20+,24+,25+,26+,27+;13-,15+,16?,18+,19+,22+,23+,24+,25+;12-,14+,15?,17+,18+,22+,23+,24+,25+;12-,14+,15?,17+,18+,21+,22+,23+,24+;;/m1111../s1. The first-order valence-electron chi connectivity index (χ1n) is 48.0. The Morgan fingerprint density at radius 1 is 0.401 bits per heavy atom. The van der Waals surface area contributed by atoms with Crippen molar-refractivity contribution in [3.05, 3.63) is 103 Å². The zero-order valence-corrected chi connectivity index (χ0v) is 87.9. The first-order valence-corrected chi connectivity index (χ1v) is 52.1. The number of aliphatic hydroxyl groups excluding tert-OH is 4. The third-order valence-corrected chi connectivity index (χ3v) is 39.7. The lowest BCUT2D eigenvalue weighted by atomic mass is 9.44. The Morgan fingerprint density at radius 3 is 0.838 bits per heavy atom. The highest BCUT2D eigenvalue weighted by molar-refractivity contribution is 9.09. The summed E-state index contributed by atoms with van der Waals surface area (Å²) < 4.78 is 177. The molecule has 0 aromatic carbocycles. The predicted molar refractivity (Wildman–Crippen MR) is 514 cm³/mol. The number of nitrogens with zero attached hydrogens (tertiary/aromatic N) is 1. The second-order valence-electron chi connectivity index (χ2n) is 43.4. The molecule has 24 nitrogen and oxygen atoms in total. The minimum Gasteiger partial charge on any atom is -0.730 e. The number of esters is 4. The number of ketones is 4. The van der Waals surface area contributed by atoms with E-state index in [1.54, 1.807) is 83.1 Å². The molecule has 16 aliphatic rings. The molecule has 0 saturated heterocycles. The SMILES string of the molecule is CCC(=O)O[C@]1(C(=O)O)[C@H](C)C[C@H]2C3C[C@H](F)C4=CC(=O)C=C[C@]4(C)[C@@]3(F)[C@@H](O)C[C@@]21C.CCC(=O)O[C@]1(C(=O)SC(=O)N(C)C)[C@H](C)C[C@H]2C3C[C@H](F)C4=CC(=O)C=C[C@]4(C)[C@@]3(F)[C@@H](O)C[C@@]21C.CCC(=O)O[C@]1(C(=O)SC(=O)[S-])[C@H](C)C[C@H]2C3C[C@H](F)C4=CC(=O)C=C[C@]4(C)[C@@]3(F)[C@@H](O)C[C@@]21C.CCC(=O)O[C@]1(C(=O)SCF)[C@H](C)C[C@H]2C3C[C@H](F)C4=CC(=O)C=C[C@]4(C)[C@@]3(F)[C@@H](O)C[C@@]21C.FCBr.[CH3+]. The maximum Gasteiger partial charge on any atom is 0.349 e. The quantitative estimate of drug-likeness (QED) is 0.0285. The molecular weight excluding hydrogens is 2020 g/mol. The number of aliphatic hydroxyl groups is 4. The van der Waals surface area contributed by atoms with Crippen LogP contribution in [0.2, 0.25) is 0 Å². The molecule has 5 N–H and O–H groups in total. The summed E-state index contributed by atoms with van der Waals surface area (Å²) >= 11 is 8.17. The van der Waals surface area contributed by atoms with Crippen LogP contribution in [0.15, 0.2) is 95.2 Å². The fourth-order valence-corrected chi connectivity index (χ4v) is 33.2. The minimum absolute atomic E-state index is 0. The molecule has 12 saturated carbocycles. The number of allylic oxidation sites excluding steroid dienone is 16. The summed E-state index contributed by atoms with van der Waals surface area (Å²) in [6.45, 7) is 25.7. The molecular formula is C103H130BrF10NO23S4. The van der Waals surface area contributed by atoms with E-state index in [4.69, 9.17) is 18.9 Å². The van der Waals surface area contributed by atoms with Gasteiger partial charge < -0.3 is 66.8 Å². The molecule has 0 spiro atoms. The van der Waals surface area contributed by atoms with E-state index in [0.717, 1.165) is 24.3 Å². The smallest absolute Gasteiger partial charge is 0.349 e. The van der Waals surface area contributed by atoms with Crippen molar-refractivity contribution in [3.63, 3.8) is 0 Å². The van der Waals surface area contributed by atoms with Crippen molar-refractivity contribution in [3.8, 4) is 0 Å². The predicted octanol–water partition coefficient (Wildman–Crippen LogP) is 17.9. The van der Waals surface area contributed by atoms with Crippen molar-refractivity contribution in [2.24, 2.45) is 114 Å². The second kappa shape index (κ2) is 40.1. The van der Waals surface area contributed by atoms with E-state index in [2.05, 4.69) is 28.6 Å². The fraction of sp³-hybridized carbons (Fsp3) is 0.699. The van der Waals surface area contributed by atoms with Gasteiger partial charge in [0.2, 0.25) is 20.9 Å². The summed E-state index contributed by atoms with van der Waals surface area (Å²) in [5.41, 5.74) is -28.3. The number of halogens is 11. The zero-order chi connectivity index (χ0) is 106. The molecule has 0 aliphatic heterocycles. The molecule has 0 aromatic rings. The van der Waals surface area contributed by atoms with E-state index in [0.29, 0.717) is 23.5 Å². The number of carboxylic acid groups (broad SMARTS) is 1. The lowest BCUT2D eigenvalue weighted by Gasteiger charge is -2.63. The summed E-state index contributed by atoms with van der Waals surface area (Å²) in [4.78, 5) is 177. The van der Waals surface area contributed by atoms with Gasteiger partial charge in [-0.2, -0.15) is 0 Å². The number of fused-ring (bicyclic) bond motifs is 20. The molecule has 16 rings (SSSR count). The first kappa shape index (κ1) is 115. The normalized spacial score (nSPS) is 45.6. The Labute approximate surface area is 847 Å². The number of alkyl halides is 11. The van der Waals surface area contributed by atoms with Crippen LogP contribution in [0.4, 0.5) is 53.5 Å². The molecule has 0 radical (unpaired) electrons. The largest absolute Gasteiger partial charge is 0.730 e. The van der Waals surface area contributed by atoms with Gasteiger partial charge in [-0.3, -0.25) is 57.5 Å². The third kappa shape index (κ3) is 16.4. The van der Waals surface area contributed by atoms with Crippen LogP contribution in [0.1, 0.15) is 214 Å².